The number of ether oxygens (including phenoxy) is 1. The fourth-order valence-corrected chi connectivity index (χ4v) is 3.02. The van der Waals surface area contributed by atoms with Crippen LogP contribution in [0.15, 0.2) is 18.2 Å². The third-order valence-electron chi connectivity index (χ3n) is 3.89. The van der Waals surface area contributed by atoms with Gasteiger partial charge in [-0.15, -0.1) is 0 Å². The average Bonchev–Trinajstić information content (AvgIpc) is 2.33. The summed E-state index contributed by atoms with van der Waals surface area (Å²) in [6.07, 6.45) is 1.33. The molecule has 2 N–H and O–H groups in total. The standard InChI is InChI=1S/C17H26FNO2/c1-11(7-12(2)20)10-19-15-9-17(3,4)21-16-8-13(18)5-6-14(15)16/h5-6,8,11-12,15,19-20H,7,9-10H2,1-4H3. The van der Waals surface area contributed by atoms with Gasteiger partial charge >= 0.3 is 0 Å². The molecule has 1 aromatic rings. The highest BCUT2D eigenvalue weighted by atomic mass is 19.1. The van der Waals surface area contributed by atoms with E-state index in [1.54, 1.807) is 6.07 Å². The second-order valence-corrected chi connectivity index (χ2v) is 6.90. The molecule has 3 atom stereocenters. The minimum atomic E-state index is -0.314. The van der Waals surface area contributed by atoms with Crippen LogP contribution < -0.4 is 10.1 Å². The van der Waals surface area contributed by atoms with Gasteiger partial charge in [0.25, 0.3) is 0 Å². The highest BCUT2D eigenvalue weighted by Crippen LogP contribution is 2.39. The Morgan fingerprint density at radius 3 is 2.81 bits per heavy atom. The van der Waals surface area contributed by atoms with Crippen molar-refractivity contribution in [1.82, 2.24) is 5.32 Å². The van der Waals surface area contributed by atoms with Crippen LogP contribution in [0.3, 0.4) is 0 Å². The highest BCUT2D eigenvalue weighted by molar-refractivity contribution is 5.39. The van der Waals surface area contributed by atoms with Crippen molar-refractivity contribution in [1.29, 1.82) is 0 Å². The SMILES string of the molecule is CC(O)CC(C)CNC1CC(C)(C)Oc2cc(F)ccc21. The van der Waals surface area contributed by atoms with Gasteiger partial charge in [0.2, 0.25) is 0 Å². The Balaban J connectivity index is 2.09. The van der Waals surface area contributed by atoms with E-state index in [4.69, 9.17) is 4.74 Å². The third-order valence-corrected chi connectivity index (χ3v) is 3.89. The molecule has 3 nitrogen and oxygen atoms in total. The fraction of sp³-hybridized carbons (Fsp3) is 0.647. The maximum absolute atomic E-state index is 13.4. The second kappa shape index (κ2) is 6.32. The smallest absolute Gasteiger partial charge is 0.127 e. The Bertz CT molecular complexity index is 488. The minimum absolute atomic E-state index is 0.154. The monoisotopic (exact) mass is 295 g/mol. The summed E-state index contributed by atoms with van der Waals surface area (Å²) in [4.78, 5) is 0. The van der Waals surface area contributed by atoms with Crippen molar-refractivity contribution in [2.24, 2.45) is 5.92 Å². The van der Waals surface area contributed by atoms with Gasteiger partial charge in [-0.1, -0.05) is 13.0 Å². The van der Waals surface area contributed by atoms with Gasteiger partial charge < -0.3 is 15.2 Å². The van der Waals surface area contributed by atoms with Gasteiger partial charge in [0, 0.05) is 24.1 Å². The number of halogens is 1. The molecule has 0 fully saturated rings. The molecule has 4 heteroatoms. The van der Waals surface area contributed by atoms with Gasteiger partial charge in [-0.2, -0.15) is 0 Å². The average molecular weight is 295 g/mol. The van der Waals surface area contributed by atoms with E-state index in [0.717, 1.165) is 24.9 Å². The summed E-state index contributed by atoms with van der Waals surface area (Å²) in [7, 11) is 0. The second-order valence-electron chi connectivity index (χ2n) is 6.90. The summed E-state index contributed by atoms with van der Waals surface area (Å²) >= 11 is 0. The van der Waals surface area contributed by atoms with Gasteiger partial charge in [-0.25, -0.2) is 4.39 Å². The summed E-state index contributed by atoms with van der Waals surface area (Å²) in [5.74, 6) is 0.749. The molecule has 0 aromatic heterocycles. The van der Waals surface area contributed by atoms with Crippen molar-refractivity contribution in [3.8, 4) is 5.75 Å². The van der Waals surface area contributed by atoms with Gasteiger partial charge in [-0.05, 0) is 45.7 Å². The Hall–Kier alpha value is -1.13. The molecule has 118 valence electrons. The van der Waals surface area contributed by atoms with Crippen molar-refractivity contribution in [3.05, 3.63) is 29.6 Å². The first kappa shape index (κ1) is 16.2. The molecular weight excluding hydrogens is 269 g/mol. The Morgan fingerprint density at radius 2 is 2.14 bits per heavy atom. The van der Waals surface area contributed by atoms with E-state index < -0.39 is 0 Å². The van der Waals surface area contributed by atoms with Crippen LogP contribution in [0.25, 0.3) is 0 Å². The maximum Gasteiger partial charge on any atom is 0.127 e. The zero-order chi connectivity index (χ0) is 15.6. The van der Waals surface area contributed by atoms with Gasteiger partial charge in [-0.3, -0.25) is 0 Å². The molecule has 2 rings (SSSR count). The third kappa shape index (κ3) is 4.42. The minimum Gasteiger partial charge on any atom is -0.487 e. The summed E-state index contributed by atoms with van der Waals surface area (Å²) < 4.78 is 19.3. The molecule has 0 amide bonds. The molecule has 0 bridgehead atoms. The molecular formula is C17H26FNO2. The van der Waals surface area contributed by atoms with Crippen LogP contribution in [0.2, 0.25) is 0 Å². The van der Waals surface area contributed by atoms with Crippen LogP contribution in [0.5, 0.6) is 5.75 Å². The Labute approximate surface area is 126 Å². The lowest BCUT2D eigenvalue weighted by Crippen LogP contribution is -2.40. The quantitative estimate of drug-likeness (QED) is 0.874. The number of aliphatic hydroxyl groups excluding tert-OH is 1. The molecule has 21 heavy (non-hydrogen) atoms. The highest BCUT2D eigenvalue weighted by Gasteiger charge is 2.33. The lowest BCUT2D eigenvalue weighted by Gasteiger charge is -2.38. The number of aliphatic hydroxyl groups is 1. The number of hydrogen-bond acceptors (Lipinski definition) is 3. The summed E-state index contributed by atoms with van der Waals surface area (Å²) in [6.45, 7) is 8.80. The first-order chi connectivity index (χ1) is 9.77. The van der Waals surface area contributed by atoms with Crippen molar-refractivity contribution in [2.75, 3.05) is 6.54 Å². The van der Waals surface area contributed by atoms with E-state index in [0.29, 0.717) is 11.7 Å². The van der Waals surface area contributed by atoms with E-state index >= 15 is 0 Å². The molecule has 3 unspecified atom stereocenters. The van der Waals surface area contributed by atoms with Crippen LogP contribution in [0.1, 0.15) is 52.1 Å². The summed E-state index contributed by atoms with van der Waals surface area (Å²) in [5, 5.41) is 13.0. The van der Waals surface area contributed by atoms with Crippen LogP contribution >= 0.6 is 0 Å². The largest absolute Gasteiger partial charge is 0.487 e. The first-order valence-electron chi connectivity index (χ1n) is 7.67. The molecule has 0 saturated carbocycles. The molecule has 0 spiro atoms. The number of fused-ring (bicyclic) bond motifs is 1. The van der Waals surface area contributed by atoms with Crippen molar-refractivity contribution in [2.45, 2.75) is 58.3 Å². The van der Waals surface area contributed by atoms with E-state index in [1.807, 2.05) is 20.8 Å². The van der Waals surface area contributed by atoms with Crippen LogP contribution in [0.4, 0.5) is 4.39 Å². The molecule has 1 aromatic carbocycles. The number of nitrogens with one attached hydrogen (secondary N) is 1. The molecule has 1 aliphatic heterocycles. The number of hydrogen-bond donors (Lipinski definition) is 2. The van der Waals surface area contributed by atoms with E-state index in [9.17, 15) is 9.50 Å². The Kier molecular flexibility index (Phi) is 4.89. The van der Waals surface area contributed by atoms with Gasteiger partial charge in [0.15, 0.2) is 0 Å². The normalized spacial score (nSPS) is 23.0. The molecule has 0 radical (unpaired) electrons. The molecule has 1 heterocycles. The molecule has 1 aliphatic rings. The van der Waals surface area contributed by atoms with Crippen molar-refractivity contribution < 1.29 is 14.2 Å². The van der Waals surface area contributed by atoms with Crippen LogP contribution in [0, 0.1) is 11.7 Å². The summed E-state index contributed by atoms with van der Waals surface area (Å²) in [6, 6.07) is 4.90. The predicted octanol–water partition coefficient (Wildman–Crippen LogP) is 3.42. The first-order valence-corrected chi connectivity index (χ1v) is 7.67. The zero-order valence-corrected chi connectivity index (χ0v) is 13.3. The predicted molar refractivity (Wildman–Crippen MR) is 81.9 cm³/mol. The van der Waals surface area contributed by atoms with Gasteiger partial charge in [0.05, 0.1) is 6.10 Å². The Morgan fingerprint density at radius 1 is 1.43 bits per heavy atom. The van der Waals surface area contributed by atoms with E-state index in [1.165, 1.54) is 12.1 Å². The van der Waals surface area contributed by atoms with E-state index in [2.05, 4.69) is 12.2 Å². The molecule has 0 saturated heterocycles. The topological polar surface area (TPSA) is 41.5 Å². The lowest BCUT2D eigenvalue weighted by atomic mass is 9.89. The van der Waals surface area contributed by atoms with Crippen molar-refractivity contribution in [3.63, 3.8) is 0 Å². The fourth-order valence-electron chi connectivity index (χ4n) is 3.02. The maximum atomic E-state index is 13.4. The number of rotatable bonds is 5. The van der Waals surface area contributed by atoms with Crippen LogP contribution in [-0.2, 0) is 0 Å². The lowest BCUT2D eigenvalue weighted by molar-refractivity contribution is 0.0641. The van der Waals surface area contributed by atoms with Crippen molar-refractivity contribution >= 4 is 0 Å². The number of benzene rings is 1. The zero-order valence-electron chi connectivity index (χ0n) is 13.3. The molecule has 0 aliphatic carbocycles. The van der Waals surface area contributed by atoms with Crippen LogP contribution in [-0.4, -0.2) is 23.4 Å². The van der Waals surface area contributed by atoms with E-state index in [-0.39, 0.29) is 23.6 Å². The van der Waals surface area contributed by atoms with Gasteiger partial charge in [0.1, 0.15) is 17.2 Å². The summed E-state index contributed by atoms with van der Waals surface area (Å²) in [5.41, 5.74) is 0.700.